The van der Waals surface area contributed by atoms with Gasteiger partial charge in [-0.2, -0.15) is 9.78 Å². The predicted molar refractivity (Wildman–Crippen MR) is 117 cm³/mol. The number of carbonyl (C=O) groups is 1. The Bertz CT molecular complexity index is 1400. The van der Waals surface area contributed by atoms with E-state index in [1.807, 2.05) is 19.1 Å². The smallest absolute Gasteiger partial charge is 0.457 e. The molecule has 0 aliphatic carbocycles. The van der Waals surface area contributed by atoms with E-state index in [-0.39, 0.29) is 29.5 Å². The van der Waals surface area contributed by atoms with Gasteiger partial charge in [-0.1, -0.05) is 23.2 Å². The second kappa shape index (κ2) is 9.15. The average Bonchev–Trinajstić information content (AvgIpc) is 3.45. The van der Waals surface area contributed by atoms with Gasteiger partial charge in [0.25, 0.3) is 11.6 Å². The first-order valence-corrected chi connectivity index (χ1v) is 9.70. The summed E-state index contributed by atoms with van der Waals surface area (Å²) in [7, 11) is 0. The third kappa shape index (κ3) is 5.01. The Balaban J connectivity index is 1.51. The molecule has 0 saturated heterocycles. The van der Waals surface area contributed by atoms with Crippen LogP contribution in [0.2, 0.25) is 0 Å². The number of para-hydroxylation sites is 1. The fourth-order valence-corrected chi connectivity index (χ4v) is 2.96. The van der Waals surface area contributed by atoms with Crippen molar-refractivity contribution in [3.63, 3.8) is 0 Å². The summed E-state index contributed by atoms with van der Waals surface area (Å²) in [5, 5.41) is 32.4. The van der Waals surface area contributed by atoms with Crippen LogP contribution in [-0.4, -0.2) is 40.3 Å². The number of hydrogen-bond acceptors (Lipinski definition) is 9. The summed E-state index contributed by atoms with van der Waals surface area (Å²) < 4.78 is 8.29. The van der Waals surface area contributed by atoms with Crippen molar-refractivity contribution in [3.05, 3.63) is 92.5 Å². The number of aryl methyl sites for hydroxylation is 1. The lowest BCUT2D eigenvalue weighted by Crippen LogP contribution is -2.15. The number of nitro benzene ring substituents is 1. The lowest BCUT2D eigenvalue weighted by molar-refractivity contribution is -0.394. The van der Waals surface area contributed by atoms with Crippen LogP contribution in [0.1, 0.15) is 16.1 Å². The number of benzene rings is 2. The molecule has 0 spiro atoms. The number of rotatable bonds is 8. The molecule has 0 bridgehead atoms. The van der Waals surface area contributed by atoms with Crippen LogP contribution >= 0.6 is 0 Å². The van der Waals surface area contributed by atoms with E-state index in [1.165, 1.54) is 46.2 Å². The Morgan fingerprint density at radius 3 is 2.56 bits per heavy atom. The fraction of sp³-hybridized carbons (Fsp3) is 0.100. The summed E-state index contributed by atoms with van der Waals surface area (Å²) in [5.74, 6) is -0.477. The molecule has 0 atom stereocenters. The maximum atomic E-state index is 12.7. The maximum Gasteiger partial charge on any atom is 0.491 e. The molecule has 34 heavy (non-hydrogen) atoms. The summed E-state index contributed by atoms with van der Waals surface area (Å²) in [6.07, 6.45) is 2.64. The number of ether oxygens (including phenoxy) is 1. The van der Waals surface area contributed by atoms with E-state index >= 15 is 0 Å². The number of anilines is 1. The van der Waals surface area contributed by atoms with Crippen molar-refractivity contribution in [3.8, 4) is 11.5 Å². The third-order valence-corrected chi connectivity index (χ3v) is 4.53. The minimum atomic E-state index is -0.728. The number of nitro groups is 2. The van der Waals surface area contributed by atoms with E-state index in [2.05, 4.69) is 20.5 Å². The molecule has 1 N–H and O–H groups in total. The lowest BCUT2D eigenvalue weighted by Gasteiger charge is -2.10. The third-order valence-electron chi connectivity index (χ3n) is 4.53. The molecule has 0 aliphatic rings. The van der Waals surface area contributed by atoms with Gasteiger partial charge in [-0.3, -0.25) is 14.9 Å². The normalized spacial score (nSPS) is 10.6. The van der Waals surface area contributed by atoms with Crippen LogP contribution in [0.25, 0.3) is 0 Å². The van der Waals surface area contributed by atoms with E-state index in [0.29, 0.717) is 5.75 Å². The number of nitrogens with one attached hydrogen (secondary N) is 1. The molecule has 2 heterocycles. The summed E-state index contributed by atoms with van der Waals surface area (Å²) in [6, 6.07) is 12.5. The van der Waals surface area contributed by atoms with Crippen molar-refractivity contribution in [1.29, 1.82) is 0 Å². The molecule has 4 aromatic rings. The van der Waals surface area contributed by atoms with Crippen LogP contribution in [0.15, 0.2) is 61.1 Å². The van der Waals surface area contributed by atoms with Gasteiger partial charge < -0.3 is 20.2 Å². The minimum Gasteiger partial charge on any atom is -0.457 e. The summed E-state index contributed by atoms with van der Waals surface area (Å²) in [5.41, 5.74) is 0.731. The molecule has 0 fully saturated rings. The predicted octanol–water partition coefficient (Wildman–Crippen LogP) is 3.15. The zero-order valence-electron chi connectivity index (χ0n) is 17.6. The van der Waals surface area contributed by atoms with Crippen molar-refractivity contribution >= 4 is 23.2 Å². The Labute approximate surface area is 190 Å². The van der Waals surface area contributed by atoms with Crippen LogP contribution in [0.3, 0.4) is 0 Å². The largest absolute Gasteiger partial charge is 0.491 e. The van der Waals surface area contributed by atoms with Gasteiger partial charge in [0.15, 0.2) is 12.4 Å². The van der Waals surface area contributed by atoms with E-state index in [1.54, 1.807) is 12.1 Å². The van der Waals surface area contributed by atoms with Gasteiger partial charge in [0, 0.05) is 23.4 Å². The van der Waals surface area contributed by atoms with Gasteiger partial charge in [0.2, 0.25) is 6.33 Å². The number of amides is 1. The van der Waals surface area contributed by atoms with Crippen molar-refractivity contribution in [2.45, 2.75) is 13.6 Å². The topological polar surface area (TPSA) is 173 Å². The Morgan fingerprint density at radius 2 is 1.85 bits per heavy atom. The second-order valence-corrected chi connectivity index (χ2v) is 7.02. The summed E-state index contributed by atoms with van der Waals surface area (Å²) in [6.45, 7) is 1.82. The second-order valence-electron chi connectivity index (χ2n) is 7.02. The first-order valence-electron chi connectivity index (χ1n) is 9.70. The molecular formula is C20H16N8O6. The van der Waals surface area contributed by atoms with E-state index < -0.39 is 21.7 Å². The molecule has 0 saturated carbocycles. The molecule has 0 radical (unpaired) electrons. The minimum absolute atomic E-state index is 0.0145. The molecule has 0 aliphatic heterocycles. The standard InChI is InChI=1S/C20H16N8O6/c1-13-4-2-3-5-18(13)34-16-9-14(8-15(10-16)27(30)31)22-19(29)17-6-7-25(23-17)12-26-11-21-20(24-26)28(32)33/h2-11H,12H2,1H3,(H,22,29). The van der Waals surface area contributed by atoms with Crippen molar-refractivity contribution in [2.75, 3.05) is 5.32 Å². The SMILES string of the molecule is Cc1ccccc1Oc1cc(NC(=O)c2ccn(Cn3cnc([N+](=O)[O-])n3)n2)cc([N+](=O)[O-])c1. The highest BCUT2D eigenvalue weighted by Gasteiger charge is 2.17. The lowest BCUT2D eigenvalue weighted by atomic mass is 10.2. The fourth-order valence-electron chi connectivity index (χ4n) is 2.96. The summed E-state index contributed by atoms with van der Waals surface area (Å²) >= 11 is 0. The van der Waals surface area contributed by atoms with Crippen molar-refractivity contribution in [2.24, 2.45) is 0 Å². The van der Waals surface area contributed by atoms with Gasteiger partial charge in [0.1, 0.15) is 11.5 Å². The number of aromatic nitrogens is 5. The molecule has 14 nitrogen and oxygen atoms in total. The van der Waals surface area contributed by atoms with Crippen LogP contribution in [0, 0.1) is 27.2 Å². The first-order chi connectivity index (χ1) is 16.3. The van der Waals surface area contributed by atoms with Gasteiger partial charge in [-0.15, -0.1) is 0 Å². The Morgan fingerprint density at radius 1 is 1.06 bits per heavy atom. The Kier molecular flexibility index (Phi) is 5.94. The monoisotopic (exact) mass is 464 g/mol. The van der Waals surface area contributed by atoms with Gasteiger partial charge in [-0.25, -0.2) is 4.68 Å². The highest BCUT2D eigenvalue weighted by Crippen LogP contribution is 2.31. The average molecular weight is 464 g/mol. The van der Waals surface area contributed by atoms with Crippen LogP contribution in [0.5, 0.6) is 11.5 Å². The Hall–Kier alpha value is -5.14. The van der Waals surface area contributed by atoms with E-state index in [9.17, 15) is 25.0 Å². The van der Waals surface area contributed by atoms with Crippen molar-refractivity contribution in [1.82, 2.24) is 24.5 Å². The number of carbonyl (C=O) groups excluding carboxylic acids is 1. The maximum absolute atomic E-state index is 12.7. The van der Waals surface area contributed by atoms with Crippen LogP contribution in [0.4, 0.5) is 17.3 Å². The van der Waals surface area contributed by atoms with Gasteiger partial charge in [0.05, 0.1) is 16.7 Å². The molecule has 2 aromatic heterocycles. The van der Waals surface area contributed by atoms with Gasteiger partial charge in [-0.05, 0) is 29.5 Å². The summed E-state index contributed by atoms with van der Waals surface area (Å²) in [4.78, 5) is 36.9. The quantitative estimate of drug-likeness (QED) is 0.303. The molecule has 1 amide bonds. The molecular weight excluding hydrogens is 448 g/mol. The van der Waals surface area contributed by atoms with Crippen LogP contribution in [-0.2, 0) is 6.67 Å². The first kappa shape index (κ1) is 22.1. The zero-order chi connectivity index (χ0) is 24.2. The number of nitrogens with zero attached hydrogens (tertiary/aromatic N) is 7. The molecule has 2 aromatic carbocycles. The number of hydrogen-bond donors (Lipinski definition) is 1. The van der Waals surface area contributed by atoms with Crippen LogP contribution < -0.4 is 10.1 Å². The highest BCUT2D eigenvalue weighted by molar-refractivity contribution is 6.03. The highest BCUT2D eigenvalue weighted by atomic mass is 16.6. The zero-order valence-corrected chi connectivity index (χ0v) is 17.6. The van der Waals surface area contributed by atoms with E-state index in [0.717, 1.165) is 5.56 Å². The molecule has 172 valence electrons. The van der Waals surface area contributed by atoms with Crippen molar-refractivity contribution < 1.29 is 19.4 Å². The molecule has 14 heteroatoms. The molecule has 0 unspecified atom stereocenters. The number of non-ortho nitro benzene ring substituents is 1. The van der Waals surface area contributed by atoms with E-state index in [4.69, 9.17) is 4.74 Å². The molecule has 4 rings (SSSR count). The van der Waals surface area contributed by atoms with Gasteiger partial charge >= 0.3 is 5.95 Å².